The molecule has 2 aromatic carbocycles. The molecule has 1 amide bonds. The van der Waals surface area contributed by atoms with Crippen LogP contribution >= 0.6 is 11.6 Å². The number of carbonyl (C=O) groups excluding carboxylic acids is 1. The first kappa shape index (κ1) is 22.0. The largest absolute Gasteiger partial charge is 0.495 e. The number of carbonyl (C=O) groups is 1. The standard InChI is InChI=1S/C19H23ClN2O5S/c1-5-12(2)22-28(24,25)14-8-6-13(7-9-14)19(23)21-16-11-17(26-3)15(20)10-18(16)27-4/h6-12,22H,5H2,1-4H3,(H,21,23). The minimum Gasteiger partial charge on any atom is -0.495 e. The first-order valence-corrected chi connectivity index (χ1v) is 10.4. The molecule has 0 fully saturated rings. The second kappa shape index (κ2) is 9.27. The number of methoxy groups -OCH3 is 2. The Kier molecular flexibility index (Phi) is 7.29. The number of hydrogen-bond donors (Lipinski definition) is 2. The van der Waals surface area contributed by atoms with Crippen molar-refractivity contribution in [2.45, 2.75) is 31.2 Å². The maximum atomic E-state index is 12.5. The quantitative estimate of drug-likeness (QED) is 0.671. The minimum atomic E-state index is -3.63. The van der Waals surface area contributed by atoms with Gasteiger partial charge in [0.05, 0.1) is 29.8 Å². The summed E-state index contributed by atoms with van der Waals surface area (Å²) in [6, 6.07) is 8.57. The number of sulfonamides is 1. The van der Waals surface area contributed by atoms with Gasteiger partial charge >= 0.3 is 0 Å². The van der Waals surface area contributed by atoms with Crippen LogP contribution in [0.4, 0.5) is 5.69 Å². The summed E-state index contributed by atoms with van der Waals surface area (Å²) in [5, 5.41) is 3.06. The molecule has 2 aromatic rings. The zero-order valence-electron chi connectivity index (χ0n) is 16.1. The first-order chi connectivity index (χ1) is 13.2. The van der Waals surface area contributed by atoms with Gasteiger partial charge in [0.15, 0.2) is 0 Å². The lowest BCUT2D eigenvalue weighted by Crippen LogP contribution is -2.32. The van der Waals surface area contributed by atoms with Crippen molar-refractivity contribution < 1.29 is 22.7 Å². The van der Waals surface area contributed by atoms with Crippen LogP contribution in [0, 0.1) is 0 Å². The van der Waals surface area contributed by atoms with Crippen molar-refractivity contribution in [1.29, 1.82) is 0 Å². The Morgan fingerprint density at radius 2 is 1.71 bits per heavy atom. The van der Waals surface area contributed by atoms with Gasteiger partial charge < -0.3 is 14.8 Å². The SMILES string of the molecule is CCC(C)NS(=O)(=O)c1ccc(C(=O)Nc2cc(OC)c(Cl)cc2OC)cc1. The lowest BCUT2D eigenvalue weighted by atomic mass is 10.2. The summed E-state index contributed by atoms with van der Waals surface area (Å²) in [6.45, 7) is 3.67. The molecule has 0 aromatic heterocycles. The molecule has 0 heterocycles. The fourth-order valence-corrected chi connectivity index (χ4v) is 3.91. The van der Waals surface area contributed by atoms with Gasteiger partial charge in [0, 0.05) is 23.7 Å². The van der Waals surface area contributed by atoms with Gasteiger partial charge in [-0.1, -0.05) is 18.5 Å². The van der Waals surface area contributed by atoms with Crippen molar-refractivity contribution in [3.63, 3.8) is 0 Å². The van der Waals surface area contributed by atoms with E-state index >= 15 is 0 Å². The third-order valence-corrected chi connectivity index (χ3v) is 6.02. The van der Waals surface area contributed by atoms with Crippen LogP contribution in [0.2, 0.25) is 5.02 Å². The molecule has 1 unspecified atom stereocenters. The van der Waals surface area contributed by atoms with Gasteiger partial charge in [-0.2, -0.15) is 0 Å². The Hall–Kier alpha value is -2.29. The number of ether oxygens (including phenoxy) is 2. The number of halogens is 1. The average Bonchev–Trinajstić information content (AvgIpc) is 2.68. The highest BCUT2D eigenvalue weighted by molar-refractivity contribution is 7.89. The Balaban J connectivity index is 2.22. The van der Waals surface area contributed by atoms with Crippen molar-refractivity contribution in [3.05, 3.63) is 47.0 Å². The predicted molar refractivity (Wildman–Crippen MR) is 109 cm³/mol. The van der Waals surface area contributed by atoms with E-state index in [1.54, 1.807) is 13.0 Å². The predicted octanol–water partition coefficient (Wildman–Crippen LogP) is 3.69. The van der Waals surface area contributed by atoms with Crippen molar-refractivity contribution in [3.8, 4) is 11.5 Å². The normalized spacial score (nSPS) is 12.3. The third-order valence-electron chi connectivity index (χ3n) is 4.12. The van der Waals surface area contributed by atoms with Crippen LogP contribution in [0.5, 0.6) is 11.5 Å². The van der Waals surface area contributed by atoms with E-state index in [4.69, 9.17) is 21.1 Å². The van der Waals surface area contributed by atoms with Gasteiger partial charge in [-0.25, -0.2) is 13.1 Å². The maximum Gasteiger partial charge on any atom is 0.255 e. The van der Waals surface area contributed by atoms with Crippen molar-refractivity contribution in [1.82, 2.24) is 4.72 Å². The second-order valence-electron chi connectivity index (χ2n) is 6.10. The Morgan fingerprint density at radius 3 is 2.25 bits per heavy atom. The number of hydrogen-bond acceptors (Lipinski definition) is 5. The Bertz CT molecular complexity index is 946. The van der Waals surface area contributed by atoms with E-state index in [0.717, 1.165) is 0 Å². The van der Waals surface area contributed by atoms with Crippen LogP contribution in [0.15, 0.2) is 41.3 Å². The smallest absolute Gasteiger partial charge is 0.255 e. The summed E-state index contributed by atoms with van der Waals surface area (Å²) in [7, 11) is -0.710. The van der Waals surface area contributed by atoms with Crippen molar-refractivity contribution >= 4 is 33.2 Å². The van der Waals surface area contributed by atoms with Gasteiger partial charge in [0.2, 0.25) is 10.0 Å². The summed E-state index contributed by atoms with van der Waals surface area (Å²) in [5.41, 5.74) is 0.669. The summed E-state index contributed by atoms with van der Waals surface area (Å²) in [6.07, 6.45) is 0.673. The van der Waals surface area contributed by atoms with Crippen LogP contribution in [0.25, 0.3) is 0 Å². The summed E-state index contributed by atoms with van der Waals surface area (Å²) in [4.78, 5) is 12.6. The van der Waals surface area contributed by atoms with Crippen molar-refractivity contribution in [2.24, 2.45) is 0 Å². The second-order valence-corrected chi connectivity index (χ2v) is 8.22. The number of nitrogens with one attached hydrogen (secondary N) is 2. The molecule has 1 atom stereocenters. The minimum absolute atomic E-state index is 0.0927. The van der Waals surface area contributed by atoms with E-state index in [2.05, 4.69) is 10.0 Å². The summed E-state index contributed by atoms with van der Waals surface area (Å²) < 4.78 is 37.6. The van der Waals surface area contributed by atoms with E-state index in [9.17, 15) is 13.2 Å². The summed E-state index contributed by atoms with van der Waals surface area (Å²) >= 11 is 6.06. The molecule has 152 valence electrons. The molecule has 0 saturated carbocycles. The fraction of sp³-hybridized carbons (Fsp3) is 0.316. The molecular formula is C19H23ClN2O5S. The van der Waals surface area contributed by atoms with Crippen LogP contribution in [0.1, 0.15) is 30.6 Å². The fourth-order valence-electron chi connectivity index (χ4n) is 2.35. The van der Waals surface area contributed by atoms with E-state index < -0.39 is 15.9 Å². The van der Waals surface area contributed by atoms with Gasteiger partial charge in [0.25, 0.3) is 5.91 Å². The highest BCUT2D eigenvalue weighted by atomic mass is 35.5. The zero-order chi connectivity index (χ0) is 20.9. The molecule has 9 heteroatoms. The average molecular weight is 427 g/mol. The first-order valence-electron chi connectivity index (χ1n) is 8.57. The van der Waals surface area contributed by atoms with Gasteiger partial charge in [0.1, 0.15) is 11.5 Å². The number of anilines is 1. The van der Waals surface area contributed by atoms with Crippen LogP contribution < -0.4 is 19.5 Å². The van der Waals surface area contributed by atoms with Crippen molar-refractivity contribution in [2.75, 3.05) is 19.5 Å². The number of amides is 1. The van der Waals surface area contributed by atoms with Crippen LogP contribution in [-0.4, -0.2) is 34.6 Å². The van der Waals surface area contributed by atoms with E-state index in [-0.39, 0.29) is 10.9 Å². The number of benzene rings is 2. The van der Waals surface area contributed by atoms with E-state index in [0.29, 0.717) is 34.2 Å². The molecule has 28 heavy (non-hydrogen) atoms. The Morgan fingerprint density at radius 1 is 1.11 bits per heavy atom. The van der Waals surface area contributed by atoms with Gasteiger partial charge in [-0.05, 0) is 37.6 Å². The molecule has 0 bridgehead atoms. The van der Waals surface area contributed by atoms with Crippen LogP contribution in [0.3, 0.4) is 0 Å². The lowest BCUT2D eigenvalue weighted by molar-refractivity contribution is 0.102. The van der Waals surface area contributed by atoms with Gasteiger partial charge in [-0.15, -0.1) is 0 Å². The number of rotatable bonds is 8. The van der Waals surface area contributed by atoms with Crippen LogP contribution in [-0.2, 0) is 10.0 Å². The molecule has 2 N–H and O–H groups in total. The van der Waals surface area contributed by atoms with E-state index in [1.165, 1.54) is 44.6 Å². The topological polar surface area (TPSA) is 93.7 Å². The monoisotopic (exact) mass is 426 g/mol. The third kappa shape index (κ3) is 5.15. The molecule has 0 radical (unpaired) electrons. The molecule has 2 rings (SSSR count). The maximum absolute atomic E-state index is 12.5. The summed E-state index contributed by atoms with van der Waals surface area (Å²) in [5.74, 6) is 0.327. The molecule has 0 saturated heterocycles. The Labute approximate surface area is 170 Å². The molecule has 0 aliphatic heterocycles. The molecule has 0 aliphatic rings. The molecular weight excluding hydrogens is 404 g/mol. The highest BCUT2D eigenvalue weighted by Crippen LogP contribution is 2.36. The van der Waals surface area contributed by atoms with Gasteiger partial charge in [-0.3, -0.25) is 4.79 Å². The lowest BCUT2D eigenvalue weighted by Gasteiger charge is -2.14. The van der Waals surface area contributed by atoms with E-state index in [1.807, 2.05) is 6.92 Å². The molecule has 0 spiro atoms. The molecule has 0 aliphatic carbocycles. The molecule has 7 nitrogen and oxygen atoms in total. The zero-order valence-corrected chi connectivity index (χ0v) is 17.6. The highest BCUT2D eigenvalue weighted by Gasteiger charge is 2.18.